The maximum atomic E-state index is 14.6. The van der Waals surface area contributed by atoms with Crippen LogP contribution in [0.25, 0.3) is 11.1 Å². The van der Waals surface area contributed by atoms with Crippen LogP contribution in [0.4, 0.5) is 8.78 Å². The first-order chi connectivity index (χ1) is 13.0. The lowest BCUT2D eigenvalue weighted by molar-refractivity contribution is -0.236. The molecule has 2 aromatic rings. The maximum absolute atomic E-state index is 14.6. The largest absolute Gasteiger partial charge is 0.349 e. The molecule has 1 fully saturated rings. The van der Waals surface area contributed by atoms with Crippen molar-refractivity contribution >= 4 is 0 Å². The molecule has 1 aliphatic heterocycles. The molecule has 1 aliphatic rings. The second-order valence-corrected chi connectivity index (χ2v) is 7.36. The highest BCUT2D eigenvalue weighted by molar-refractivity contribution is 5.64. The summed E-state index contributed by atoms with van der Waals surface area (Å²) in [5, 5.41) is 0. The van der Waals surface area contributed by atoms with Crippen molar-refractivity contribution in [1.82, 2.24) is 0 Å². The highest BCUT2D eigenvalue weighted by Gasteiger charge is 2.36. The van der Waals surface area contributed by atoms with E-state index in [0.717, 1.165) is 24.0 Å². The van der Waals surface area contributed by atoms with Gasteiger partial charge in [-0.2, -0.15) is 0 Å². The van der Waals surface area contributed by atoms with E-state index < -0.39 is 12.0 Å². The van der Waals surface area contributed by atoms with Gasteiger partial charge >= 0.3 is 0 Å². The number of hydrogen-bond donors (Lipinski definition) is 0. The molecule has 0 aromatic heterocycles. The fourth-order valence-corrected chi connectivity index (χ4v) is 3.49. The van der Waals surface area contributed by atoms with Crippen LogP contribution >= 0.6 is 0 Å². The Morgan fingerprint density at radius 3 is 2.26 bits per heavy atom. The predicted molar refractivity (Wildman–Crippen MR) is 104 cm³/mol. The molecule has 0 bridgehead atoms. The zero-order valence-electron chi connectivity index (χ0n) is 16.1. The summed E-state index contributed by atoms with van der Waals surface area (Å²) >= 11 is 0. The van der Waals surface area contributed by atoms with Crippen molar-refractivity contribution in [2.75, 3.05) is 13.2 Å². The number of ether oxygens (including phenoxy) is 2. The summed E-state index contributed by atoms with van der Waals surface area (Å²) in [6.45, 7) is 4.20. The molecule has 0 aliphatic carbocycles. The van der Waals surface area contributed by atoms with Gasteiger partial charge < -0.3 is 9.47 Å². The topological polar surface area (TPSA) is 18.5 Å². The van der Waals surface area contributed by atoms with Gasteiger partial charge in [-0.25, -0.2) is 8.78 Å². The Kier molecular flexibility index (Phi) is 6.61. The van der Waals surface area contributed by atoms with Crippen LogP contribution in [-0.4, -0.2) is 25.2 Å². The monoisotopic (exact) mass is 374 g/mol. The molecule has 0 N–H and O–H groups in total. The lowest BCUT2D eigenvalue weighted by Gasteiger charge is -2.34. The summed E-state index contributed by atoms with van der Waals surface area (Å²) in [7, 11) is 0. The molecule has 2 aromatic carbocycles. The maximum Gasteiger partial charge on any atom is 0.158 e. The third-order valence-electron chi connectivity index (χ3n) is 5.13. The second kappa shape index (κ2) is 8.94. The first-order valence-electron chi connectivity index (χ1n) is 9.83. The SMILES string of the molecule is CCCC1(F)COC(CCc2ccc(-c3ccc(CC)cc3)c(F)c2)OC1. The second-order valence-electron chi connectivity index (χ2n) is 7.36. The molecule has 1 saturated heterocycles. The number of halogens is 2. The summed E-state index contributed by atoms with van der Waals surface area (Å²) in [6.07, 6.45) is 2.98. The molecule has 4 heteroatoms. The molecule has 27 heavy (non-hydrogen) atoms. The predicted octanol–water partition coefficient (Wildman–Crippen LogP) is 5.87. The van der Waals surface area contributed by atoms with E-state index in [-0.39, 0.29) is 19.0 Å². The first kappa shape index (κ1) is 20.0. The number of hydrogen-bond acceptors (Lipinski definition) is 2. The van der Waals surface area contributed by atoms with Gasteiger partial charge in [0.1, 0.15) is 5.82 Å². The van der Waals surface area contributed by atoms with Crippen LogP contribution in [0.5, 0.6) is 0 Å². The minimum Gasteiger partial charge on any atom is -0.349 e. The number of aryl methyl sites for hydroxylation is 2. The van der Waals surface area contributed by atoms with E-state index in [1.807, 2.05) is 43.3 Å². The average molecular weight is 374 g/mol. The molecular formula is C23H28F2O2. The molecular weight excluding hydrogens is 346 g/mol. The van der Waals surface area contributed by atoms with Crippen LogP contribution in [0.1, 0.15) is 44.2 Å². The Hall–Kier alpha value is -1.78. The fourth-order valence-electron chi connectivity index (χ4n) is 3.49. The van der Waals surface area contributed by atoms with Crippen molar-refractivity contribution < 1.29 is 18.3 Å². The Labute approximate surface area is 160 Å². The molecule has 0 spiro atoms. The summed E-state index contributed by atoms with van der Waals surface area (Å²) in [6, 6.07) is 13.3. The van der Waals surface area contributed by atoms with Gasteiger partial charge in [0.05, 0.1) is 13.2 Å². The van der Waals surface area contributed by atoms with Gasteiger partial charge in [0.25, 0.3) is 0 Å². The summed E-state index contributed by atoms with van der Waals surface area (Å²) in [5.74, 6) is -0.229. The van der Waals surface area contributed by atoms with E-state index in [1.54, 1.807) is 6.07 Å². The lowest BCUT2D eigenvalue weighted by Crippen LogP contribution is -2.44. The zero-order chi connectivity index (χ0) is 19.3. The summed E-state index contributed by atoms with van der Waals surface area (Å²) in [5.41, 5.74) is 2.24. The third-order valence-corrected chi connectivity index (χ3v) is 5.13. The summed E-state index contributed by atoms with van der Waals surface area (Å²) in [4.78, 5) is 0. The minimum absolute atomic E-state index is 0.0760. The van der Waals surface area contributed by atoms with Gasteiger partial charge in [-0.3, -0.25) is 0 Å². The van der Waals surface area contributed by atoms with Crippen molar-refractivity contribution in [2.24, 2.45) is 0 Å². The lowest BCUT2D eigenvalue weighted by atomic mass is 9.99. The van der Waals surface area contributed by atoms with Gasteiger partial charge in [0, 0.05) is 12.0 Å². The van der Waals surface area contributed by atoms with Crippen molar-refractivity contribution in [3.8, 4) is 11.1 Å². The first-order valence-corrected chi connectivity index (χ1v) is 9.83. The molecule has 0 atom stereocenters. The molecule has 146 valence electrons. The van der Waals surface area contributed by atoms with Crippen LogP contribution in [-0.2, 0) is 22.3 Å². The van der Waals surface area contributed by atoms with Crippen LogP contribution in [0, 0.1) is 5.82 Å². The molecule has 0 radical (unpaired) electrons. The van der Waals surface area contributed by atoms with E-state index in [2.05, 4.69) is 6.92 Å². The zero-order valence-corrected chi connectivity index (χ0v) is 16.1. The van der Waals surface area contributed by atoms with E-state index in [9.17, 15) is 8.78 Å². The standard InChI is InChI=1S/C23H28F2O2/c1-3-13-23(25)15-26-22(27-16-23)12-8-18-7-11-20(21(24)14-18)19-9-5-17(4-2)6-10-19/h5-7,9-11,14,22H,3-4,8,12-13,15-16H2,1-2H3. The average Bonchev–Trinajstić information content (AvgIpc) is 2.68. The van der Waals surface area contributed by atoms with Gasteiger partial charge in [-0.15, -0.1) is 0 Å². The number of rotatable bonds is 7. The van der Waals surface area contributed by atoms with E-state index in [1.165, 1.54) is 5.56 Å². The van der Waals surface area contributed by atoms with Crippen LogP contribution in [0.15, 0.2) is 42.5 Å². The van der Waals surface area contributed by atoms with E-state index in [4.69, 9.17) is 9.47 Å². The quantitative estimate of drug-likeness (QED) is 0.603. The normalized spacial score (nSPS) is 22.7. The van der Waals surface area contributed by atoms with Crippen LogP contribution in [0.3, 0.4) is 0 Å². The molecule has 0 saturated carbocycles. The molecule has 1 heterocycles. The Morgan fingerprint density at radius 2 is 1.67 bits per heavy atom. The van der Waals surface area contributed by atoms with Crippen molar-refractivity contribution in [3.63, 3.8) is 0 Å². The molecule has 0 unspecified atom stereocenters. The summed E-state index contributed by atoms with van der Waals surface area (Å²) < 4.78 is 39.9. The number of alkyl halides is 1. The van der Waals surface area contributed by atoms with Gasteiger partial charge in [0.2, 0.25) is 0 Å². The minimum atomic E-state index is -1.37. The smallest absolute Gasteiger partial charge is 0.158 e. The Bertz CT molecular complexity index is 735. The van der Waals surface area contributed by atoms with Crippen molar-refractivity contribution in [3.05, 3.63) is 59.4 Å². The Morgan fingerprint density at radius 1 is 1.00 bits per heavy atom. The van der Waals surface area contributed by atoms with Gasteiger partial charge in [-0.05, 0) is 42.0 Å². The number of benzene rings is 2. The van der Waals surface area contributed by atoms with Gasteiger partial charge in [-0.1, -0.05) is 56.7 Å². The van der Waals surface area contributed by atoms with Crippen molar-refractivity contribution in [2.45, 2.75) is 57.9 Å². The van der Waals surface area contributed by atoms with E-state index in [0.29, 0.717) is 24.8 Å². The molecule has 2 nitrogen and oxygen atoms in total. The van der Waals surface area contributed by atoms with Crippen LogP contribution in [0.2, 0.25) is 0 Å². The molecule has 0 amide bonds. The third kappa shape index (κ3) is 5.14. The molecule has 3 rings (SSSR count). The van der Waals surface area contributed by atoms with Crippen LogP contribution < -0.4 is 0 Å². The van der Waals surface area contributed by atoms with E-state index >= 15 is 0 Å². The highest BCUT2D eigenvalue weighted by atomic mass is 19.1. The van der Waals surface area contributed by atoms with Gasteiger partial charge in [0.15, 0.2) is 12.0 Å². The Balaban J connectivity index is 1.56. The fraction of sp³-hybridized carbons (Fsp3) is 0.478. The van der Waals surface area contributed by atoms with Crippen molar-refractivity contribution in [1.29, 1.82) is 0 Å². The highest BCUT2D eigenvalue weighted by Crippen LogP contribution is 2.28.